The van der Waals surface area contributed by atoms with Crippen molar-refractivity contribution in [3.63, 3.8) is 0 Å². The van der Waals surface area contributed by atoms with Gasteiger partial charge in [0.05, 0.1) is 6.10 Å². The summed E-state index contributed by atoms with van der Waals surface area (Å²) < 4.78 is 5.48. The second-order valence-electron chi connectivity index (χ2n) is 7.10. The van der Waals surface area contributed by atoms with Crippen LogP contribution in [0.2, 0.25) is 0 Å². The van der Waals surface area contributed by atoms with Gasteiger partial charge in [0.2, 0.25) is 5.91 Å². The van der Waals surface area contributed by atoms with Gasteiger partial charge in [-0.1, -0.05) is 30.3 Å². The summed E-state index contributed by atoms with van der Waals surface area (Å²) in [6.07, 6.45) is 5.04. The maximum Gasteiger partial charge on any atom is 0.226 e. The van der Waals surface area contributed by atoms with E-state index in [9.17, 15) is 4.79 Å². The Kier molecular flexibility index (Phi) is 5.34. The molecule has 2 aliphatic rings. The highest BCUT2D eigenvalue weighted by molar-refractivity contribution is 5.79. The Morgan fingerprint density at radius 1 is 1.22 bits per heavy atom. The van der Waals surface area contributed by atoms with Crippen LogP contribution in [0.5, 0.6) is 0 Å². The fraction of sp³-hybridized carbons (Fsp3) is 0.632. The first-order valence-electron chi connectivity index (χ1n) is 8.78. The number of ether oxygens (including phenoxy) is 1. The van der Waals surface area contributed by atoms with E-state index in [1.165, 1.54) is 18.4 Å². The fourth-order valence-corrected chi connectivity index (χ4v) is 3.55. The Hall–Kier alpha value is -1.39. The zero-order valence-electron chi connectivity index (χ0n) is 14.0. The molecule has 1 aromatic rings. The second kappa shape index (κ2) is 7.45. The maximum atomic E-state index is 13.1. The Morgan fingerprint density at radius 3 is 2.61 bits per heavy atom. The summed E-state index contributed by atoms with van der Waals surface area (Å²) in [7, 11) is 1.70. The Morgan fingerprint density at radius 2 is 1.96 bits per heavy atom. The molecule has 0 unspecified atom stereocenters. The standard InChI is InChI=1S/C19H28N2O2/c1-23-18-11-16(9-10-17(18)20)19(22)21(13-15-7-8-15)12-14-5-3-2-4-6-14/h2-6,15-18H,7-13,20H2,1H3/t16-,17+,18+/m0/s1. The monoisotopic (exact) mass is 316 g/mol. The summed E-state index contributed by atoms with van der Waals surface area (Å²) >= 11 is 0. The number of methoxy groups -OCH3 is 1. The van der Waals surface area contributed by atoms with Crippen LogP contribution in [-0.2, 0) is 16.1 Å². The van der Waals surface area contributed by atoms with E-state index >= 15 is 0 Å². The van der Waals surface area contributed by atoms with E-state index in [-0.39, 0.29) is 24.0 Å². The van der Waals surface area contributed by atoms with Gasteiger partial charge >= 0.3 is 0 Å². The Balaban J connectivity index is 1.67. The molecule has 4 nitrogen and oxygen atoms in total. The molecule has 0 heterocycles. The molecule has 0 aromatic heterocycles. The number of carbonyl (C=O) groups is 1. The van der Waals surface area contributed by atoms with Crippen molar-refractivity contribution in [1.82, 2.24) is 4.90 Å². The molecule has 2 aliphatic carbocycles. The van der Waals surface area contributed by atoms with Crippen LogP contribution in [0.4, 0.5) is 0 Å². The number of nitrogens with two attached hydrogens (primary N) is 1. The molecular formula is C19H28N2O2. The molecule has 1 aromatic carbocycles. The minimum absolute atomic E-state index is 0.0113. The zero-order chi connectivity index (χ0) is 16.2. The molecule has 126 valence electrons. The summed E-state index contributed by atoms with van der Waals surface area (Å²) in [5.74, 6) is 1.05. The quantitative estimate of drug-likeness (QED) is 0.877. The van der Waals surface area contributed by atoms with Crippen LogP contribution in [0.3, 0.4) is 0 Å². The van der Waals surface area contributed by atoms with E-state index in [1.807, 2.05) is 18.2 Å². The predicted molar refractivity (Wildman–Crippen MR) is 90.7 cm³/mol. The number of hydrogen-bond acceptors (Lipinski definition) is 3. The SMILES string of the molecule is CO[C@@H]1C[C@@H](C(=O)N(Cc2ccccc2)CC2CC2)CC[C@H]1N. The lowest BCUT2D eigenvalue weighted by atomic mass is 9.83. The second-order valence-corrected chi connectivity index (χ2v) is 7.10. The summed E-state index contributed by atoms with van der Waals surface area (Å²) in [4.78, 5) is 15.1. The van der Waals surface area contributed by atoms with Crippen molar-refractivity contribution in [2.45, 2.75) is 50.8 Å². The van der Waals surface area contributed by atoms with Crippen LogP contribution < -0.4 is 5.73 Å². The molecule has 0 aliphatic heterocycles. The largest absolute Gasteiger partial charge is 0.380 e. The first-order chi connectivity index (χ1) is 11.2. The van der Waals surface area contributed by atoms with Gasteiger partial charge in [-0.3, -0.25) is 4.79 Å². The average Bonchev–Trinajstić information content (AvgIpc) is 3.39. The van der Waals surface area contributed by atoms with Gasteiger partial charge in [0.25, 0.3) is 0 Å². The van der Waals surface area contributed by atoms with Crippen LogP contribution in [0.1, 0.15) is 37.7 Å². The normalized spacial score (nSPS) is 27.7. The zero-order valence-corrected chi connectivity index (χ0v) is 14.0. The van der Waals surface area contributed by atoms with Crippen molar-refractivity contribution >= 4 is 5.91 Å². The first kappa shape index (κ1) is 16.5. The minimum Gasteiger partial charge on any atom is -0.380 e. The van der Waals surface area contributed by atoms with E-state index in [1.54, 1.807) is 7.11 Å². The van der Waals surface area contributed by atoms with E-state index in [0.717, 1.165) is 32.4 Å². The summed E-state index contributed by atoms with van der Waals surface area (Å²) in [5.41, 5.74) is 7.30. The predicted octanol–water partition coefficient (Wildman–Crippen LogP) is 2.57. The third kappa shape index (κ3) is 4.33. The van der Waals surface area contributed by atoms with Crippen molar-refractivity contribution in [2.24, 2.45) is 17.6 Å². The number of rotatable bonds is 6. The lowest BCUT2D eigenvalue weighted by molar-refractivity contribution is -0.139. The van der Waals surface area contributed by atoms with Crippen molar-refractivity contribution in [2.75, 3.05) is 13.7 Å². The fourth-order valence-electron chi connectivity index (χ4n) is 3.55. The van der Waals surface area contributed by atoms with Gasteiger partial charge < -0.3 is 15.4 Å². The molecule has 2 saturated carbocycles. The maximum absolute atomic E-state index is 13.1. The third-order valence-corrected chi connectivity index (χ3v) is 5.20. The van der Waals surface area contributed by atoms with E-state index < -0.39 is 0 Å². The molecule has 3 rings (SSSR count). The van der Waals surface area contributed by atoms with Gasteiger partial charge in [0.15, 0.2) is 0 Å². The highest BCUT2D eigenvalue weighted by Gasteiger charge is 2.36. The smallest absolute Gasteiger partial charge is 0.226 e. The number of hydrogen-bond donors (Lipinski definition) is 1. The molecule has 0 spiro atoms. The van der Waals surface area contributed by atoms with Gasteiger partial charge in [-0.15, -0.1) is 0 Å². The molecule has 4 heteroatoms. The van der Waals surface area contributed by atoms with Gasteiger partial charge in [0, 0.05) is 32.2 Å². The van der Waals surface area contributed by atoms with Gasteiger partial charge in [-0.25, -0.2) is 0 Å². The molecule has 0 saturated heterocycles. The molecule has 1 amide bonds. The van der Waals surface area contributed by atoms with Crippen molar-refractivity contribution in [3.8, 4) is 0 Å². The third-order valence-electron chi connectivity index (χ3n) is 5.20. The van der Waals surface area contributed by atoms with Crippen LogP contribution in [0, 0.1) is 11.8 Å². The number of amides is 1. The lowest BCUT2D eigenvalue weighted by Crippen LogP contribution is -2.46. The number of benzene rings is 1. The van der Waals surface area contributed by atoms with Gasteiger partial charge in [-0.05, 0) is 43.6 Å². The van der Waals surface area contributed by atoms with Crippen LogP contribution in [-0.4, -0.2) is 36.6 Å². The molecule has 23 heavy (non-hydrogen) atoms. The Labute approximate surface area is 139 Å². The molecule has 3 atom stereocenters. The topological polar surface area (TPSA) is 55.6 Å². The summed E-state index contributed by atoms with van der Waals surface area (Å²) in [5, 5.41) is 0. The lowest BCUT2D eigenvalue weighted by Gasteiger charge is -2.35. The van der Waals surface area contributed by atoms with E-state index in [2.05, 4.69) is 17.0 Å². The van der Waals surface area contributed by atoms with Crippen molar-refractivity contribution in [1.29, 1.82) is 0 Å². The van der Waals surface area contributed by atoms with Crippen LogP contribution in [0.15, 0.2) is 30.3 Å². The van der Waals surface area contributed by atoms with Gasteiger partial charge in [0.1, 0.15) is 0 Å². The van der Waals surface area contributed by atoms with Gasteiger partial charge in [-0.2, -0.15) is 0 Å². The number of nitrogens with zero attached hydrogens (tertiary/aromatic N) is 1. The summed E-state index contributed by atoms with van der Waals surface area (Å²) in [6.45, 7) is 1.62. The number of carbonyl (C=O) groups excluding carboxylic acids is 1. The van der Waals surface area contributed by atoms with Crippen LogP contribution >= 0.6 is 0 Å². The molecular weight excluding hydrogens is 288 g/mol. The summed E-state index contributed by atoms with van der Waals surface area (Å²) in [6, 6.07) is 10.4. The first-order valence-corrected chi connectivity index (χ1v) is 8.78. The highest BCUT2D eigenvalue weighted by atomic mass is 16.5. The highest BCUT2D eigenvalue weighted by Crippen LogP contribution is 2.33. The van der Waals surface area contributed by atoms with Crippen molar-refractivity contribution in [3.05, 3.63) is 35.9 Å². The van der Waals surface area contributed by atoms with Crippen LogP contribution in [0.25, 0.3) is 0 Å². The molecule has 0 bridgehead atoms. The molecule has 0 radical (unpaired) electrons. The molecule has 2 N–H and O–H groups in total. The molecule has 2 fully saturated rings. The van der Waals surface area contributed by atoms with E-state index in [4.69, 9.17) is 10.5 Å². The van der Waals surface area contributed by atoms with Crippen molar-refractivity contribution < 1.29 is 9.53 Å². The Bertz CT molecular complexity index is 515. The van der Waals surface area contributed by atoms with E-state index in [0.29, 0.717) is 5.92 Å². The average molecular weight is 316 g/mol. The minimum atomic E-state index is 0.0113.